The van der Waals surface area contributed by atoms with E-state index < -0.39 is 0 Å². The molecule has 1 aliphatic rings. The normalized spacial score (nSPS) is 20.9. The van der Waals surface area contributed by atoms with Crippen molar-refractivity contribution in [2.75, 3.05) is 6.54 Å². The number of halogens is 1. The zero-order valence-corrected chi connectivity index (χ0v) is 15.0. The fraction of sp³-hybridized carbons (Fsp3) is 0.471. The molecule has 3 rings (SSSR count). The summed E-state index contributed by atoms with van der Waals surface area (Å²) in [6.07, 6.45) is 8.14. The zero-order valence-electron chi connectivity index (χ0n) is 13.4. The van der Waals surface area contributed by atoms with Crippen LogP contribution in [0.1, 0.15) is 42.6 Å². The van der Waals surface area contributed by atoms with Crippen molar-refractivity contribution in [2.45, 2.75) is 32.1 Å². The van der Waals surface area contributed by atoms with Gasteiger partial charge in [0.05, 0.1) is 4.47 Å². The molecule has 2 aromatic heterocycles. The van der Waals surface area contributed by atoms with Gasteiger partial charge in [0, 0.05) is 25.4 Å². The number of hydrogen-bond acceptors (Lipinski definition) is 3. The number of fused-ring (bicyclic) bond motifs is 1. The van der Waals surface area contributed by atoms with Gasteiger partial charge in [-0.2, -0.15) is 0 Å². The Balaban J connectivity index is 1.52. The number of nitrogens with two attached hydrogens (primary N) is 1. The molecule has 1 aliphatic carbocycles. The molecule has 0 atom stereocenters. The fourth-order valence-corrected chi connectivity index (χ4v) is 3.79. The van der Waals surface area contributed by atoms with Crippen molar-refractivity contribution >= 4 is 33.4 Å². The first kappa shape index (κ1) is 17.0. The maximum Gasteiger partial charge on any atom is 0.271 e. The highest BCUT2D eigenvalue weighted by Gasteiger charge is 2.23. The minimum atomic E-state index is -0.218. The molecule has 2 aromatic rings. The van der Waals surface area contributed by atoms with Crippen LogP contribution in [0.4, 0.5) is 0 Å². The summed E-state index contributed by atoms with van der Waals surface area (Å²) in [5.41, 5.74) is 6.41. The molecule has 6 nitrogen and oxygen atoms in total. The third-order valence-electron chi connectivity index (χ3n) is 4.68. The molecule has 24 heavy (non-hydrogen) atoms. The number of nitrogens with zero attached hydrogens (tertiary/aromatic N) is 2. The number of hydrogen-bond donors (Lipinski definition) is 2. The second-order valence-electron chi connectivity index (χ2n) is 6.48. The summed E-state index contributed by atoms with van der Waals surface area (Å²) in [4.78, 5) is 27.7. The van der Waals surface area contributed by atoms with Crippen LogP contribution in [0, 0.1) is 11.8 Å². The van der Waals surface area contributed by atoms with Crippen LogP contribution in [0.25, 0.3) is 5.65 Å². The summed E-state index contributed by atoms with van der Waals surface area (Å²) in [6.45, 7) is 0.650. The topological polar surface area (TPSA) is 89.5 Å². The van der Waals surface area contributed by atoms with Crippen LogP contribution in [0.3, 0.4) is 0 Å². The average Bonchev–Trinajstić information content (AvgIpc) is 2.99. The van der Waals surface area contributed by atoms with E-state index in [0.29, 0.717) is 30.5 Å². The maximum absolute atomic E-state index is 12.3. The molecular weight excluding hydrogens is 372 g/mol. The average molecular weight is 393 g/mol. The van der Waals surface area contributed by atoms with Crippen LogP contribution in [0.2, 0.25) is 0 Å². The predicted octanol–water partition coefficient (Wildman–Crippen LogP) is 2.51. The third-order valence-corrected chi connectivity index (χ3v) is 5.29. The van der Waals surface area contributed by atoms with Gasteiger partial charge in [0.25, 0.3) is 5.91 Å². The summed E-state index contributed by atoms with van der Waals surface area (Å²) in [5.74, 6) is 0.502. The van der Waals surface area contributed by atoms with Gasteiger partial charge in [0.15, 0.2) is 5.65 Å². The van der Waals surface area contributed by atoms with Gasteiger partial charge < -0.3 is 15.5 Å². The van der Waals surface area contributed by atoms with E-state index in [9.17, 15) is 9.59 Å². The quantitative estimate of drug-likeness (QED) is 0.818. The molecule has 0 spiro atoms. The summed E-state index contributed by atoms with van der Waals surface area (Å²) >= 11 is 3.44. The molecule has 0 aromatic carbocycles. The Labute approximate surface area is 148 Å². The largest absolute Gasteiger partial charge is 0.370 e. The van der Waals surface area contributed by atoms with E-state index in [0.717, 1.165) is 35.8 Å². The summed E-state index contributed by atoms with van der Waals surface area (Å²) < 4.78 is 2.69. The van der Waals surface area contributed by atoms with Crippen molar-refractivity contribution in [3.05, 3.63) is 34.7 Å². The van der Waals surface area contributed by atoms with Gasteiger partial charge in [-0.25, -0.2) is 4.98 Å². The van der Waals surface area contributed by atoms with Gasteiger partial charge in [-0.3, -0.25) is 9.59 Å². The van der Waals surface area contributed by atoms with Gasteiger partial charge in [-0.15, -0.1) is 0 Å². The smallest absolute Gasteiger partial charge is 0.271 e. The molecule has 3 N–H and O–H groups in total. The highest BCUT2D eigenvalue weighted by molar-refractivity contribution is 9.10. The van der Waals surface area contributed by atoms with E-state index in [-0.39, 0.29) is 11.8 Å². The lowest BCUT2D eigenvalue weighted by Gasteiger charge is -2.27. The van der Waals surface area contributed by atoms with E-state index >= 15 is 0 Å². The Morgan fingerprint density at radius 3 is 2.67 bits per heavy atom. The van der Waals surface area contributed by atoms with Crippen molar-refractivity contribution in [2.24, 2.45) is 17.6 Å². The van der Waals surface area contributed by atoms with E-state index in [2.05, 4.69) is 26.2 Å². The van der Waals surface area contributed by atoms with Crippen LogP contribution in [0.5, 0.6) is 0 Å². The highest BCUT2D eigenvalue weighted by Crippen LogP contribution is 2.30. The number of imidazole rings is 1. The first-order valence-electron chi connectivity index (χ1n) is 8.22. The van der Waals surface area contributed by atoms with Gasteiger partial charge in [0.2, 0.25) is 5.91 Å². The van der Waals surface area contributed by atoms with Crippen LogP contribution in [-0.2, 0) is 4.79 Å². The molecule has 2 heterocycles. The van der Waals surface area contributed by atoms with Crippen molar-refractivity contribution in [1.29, 1.82) is 0 Å². The van der Waals surface area contributed by atoms with Crippen LogP contribution in [0.15, 0.2) is 29.0 Å². The number of aromatic nitrogens is 2. The molecule has 0 saturated heterocycles. The molecule has 128 valence electrons. The van der Waals surface area contributed by atoms with Crippen molar-refractivity contribution in [3.63, 3.8) is 0 Å². The van der Waals surface area contributed by atoms with Gasteiger partial charge in [-0.05, 0) is 65.6 Å². The Hall–Kier alpha value is -1.89. The lowest BCUT2D eigenvalue weighted by molar-refractivity contribution is -0.119. The number of primary amides is 1. The molecular formula is C17H21BrN4O2. The number of pyridine rings is 1. The van der Waals surface area contributed by atoms with E-state index in [1.54, 1.807) is 6.20 Å². The van der Waals surface area contributed by atoms with Gasteiger partial charge >= 0.3 is 0 Å². The lowest BCUT2D eigenvalue weighted by atomic mass is 9.80. The second kappa shape index (κ2) is 7.34. The first-order chi connectivity index (χ1) is 11.5. The molecule has 1 fully saturated rings. The van der Waals surface area contributed by atoms with Gasteiger partial charge in [0.1, 0.15) is 5.69 Å². The molecule has 0 radical (unpaired) electrons. The molecule has 2 amide bonds. The molecule has 1 saturated carbocycles. The number of amides is 2. The van der Waals surface area contributed by atoms with Crippen LogP contribution >= 0.6 is 15.9 Å². The van der Waals surface area contributed by atoms with E-state index in [4.69, 9.17) is 5.73 Å². The highest BCUT2D eigenvalue weighted by atomic mass is 79.9. The number of carbonyl (C=O) groups is 2. The fourth-order valence-electron chi connectivity index (χ4n) is 3.34. The monoisotopic (exact) mass is 392 g/mol. The number of rotatable bonds is 5. The summed E-state index contributed by atoms with van der Waals surface area (Å²) in [7, 11) is 0. The second-order valence-corrected chi connectivity index (χ2v) is 7.33. The van der Waals surface area contributed by atoms with Gasteiger partial charge in [-0.1, -0.05) is 0 Å². The maximum atomic E-state index is 12.3. The summed E-state index contributed by atoms with van der Waals surface area (Å²) in [6, 6.07) is 3.79. The summed E-state index contributed by atoms with van der Waals surface area (Å²) in [5, 5.41) is 2.98. The first-order valence-corrected chi connectivity index (χ1v) is 9.02. The molecule has 0 unspecified atom stereocenters. The van der Waals surface area contributed by atoms with E-state index in [1.165, 1.54) is 0 Å². The Morgan fingerprint density at radius 1 is 1.29 bits per heavy atom. The predicted molar refractivity (Wildman–Crippen MR) is 94.5 cm³/mol. The molecule has 0 bridgehead atoms. The Morgan fingerprint density at radius 2 is 2.00 bits per heavy atom. The van der Waals surface area contributed by atoms with Crippen LogP contribution < -0.4 is 11.1 Å². The van der Waals surface area contributed by atoms with Crippen molar-refractivity contribution in [3.8, 4) is 0 Å². The standard InChI is InChI=1S/C17H21BrN4O2/c18-13-2-1-7-22-10-14(21-16(13)22)17(24)20-9-12-5-3-11(4-6-12)8-15(19)23/h1-2,7,10-12H,3-6,8-9H2,(H2,19,23)(H,20,24). The van der Waals surface area contributed by atoms with Crippen LogP contribution in [-0.4, -0.2) is 27.7 Å². The minimum Gasteiger partial charge on any atom is -0.370 e. The lowest BCUT2D eigenvalue weighted by Crippen LogP contribution is -2.32. The third kappa shape index (κ3) is 3.95. The number of carbonyl (C=O) groups excluding carboxylic acids is 2. The zero-order chi connectivity index (χ0) is 17.1. The number of nitrogens with one attached hydrogen (secondary N) is 1. The van der Waals surface area contributed by atoms with E-state index in [1.807, 2.05) is 22.7 Å². The van der Waals surface area contributed by atoms with Crippen molar-refractivity contribution in [1.82, 2.24) is 14.7 Å². The Kier molecular flexibility index (Phi) is 5.18. The SMILES string of the molecule is NC(=O)CC1CCC(CNC(=O)c2cn3cccc(Br)c3n2)CC1. The molecule has 7 heteroatoms. The molecule has 0 aliphatic heterocycles. The van der Waals surface area contributed by atoms with Crippen molar-refractivity contribution < 1.29 is 9.59 Å². The Bertz CT molecular complexity index is 750. The minimum absolute atomic E-state index is 0.148.